The van der Waals surface area contributed by atoms with Crippen LogP contribution < -0.4 is 4.74 Å². The standard InChI is InChI=1S/C21H25ClN2O2/c1-23(2)17-9-7-13-24(14-17)21(25)18-10-4-6-12-20(18)26-15-16-8-3-5-11-19(16)22/h3-6,8,10-12,17H,7,9,13-15H2,1-2H3. The zero-order valence-corrected chi connectivity index (χ0v) is 16.1. The number of likely N-dealkylation sites (tertiary alicyclic amines) is 1. The Hall–Kier alpha value is -2.04. The van der Waals surface area contributed by atoms with Crippen molar-refractivity contribution in [1.82, 2.24) is 9.80 Å². The summed E-state index contributed by atoms with van der Waals surface area (Å²) in [6.45, 7) is 1.89. The van der Waals surface area contributed by atoms with E-state index in [1.807, 2.05) is 53.4 Å². The summed E-state index contributed by atoms with van der Waals surface area (Å²) in [6.07, 6.45) is 2.15. The van der Waals surface area contributed by atoms with Gasteiger partial charge in [0.2, 0.25) is 0 Å². The molecule has 2 aromatic carbocycles. The van der Waals surface area contributed by atoms with Gasteiger partial charge in [0.1, 0.15) is 12.4 Å². The summed E-state index contributed by atoms with van der Waals surface area (Å²) in [5.41, 5.74) is 1.51. The van der Waals surface area contributed by atoms with E-state index in [9.17, 15) is 4.79 Å². The SMILES string of the molecule is CN(C)C1CCCN(C(=O)c2ccccc2OCc2ccccc2Cl)C1. The molecule has 0 aromatic heterocycles. The molecule has 1 fully saturated rings. The number of likely N-dealkylation sites (N-methyl/N-ethyl adjacent to an activating group) is 1. The van der Waals surface area contributed by atoms with Gasteiger partial charge in [-0.3, -0.25) is 4.79 Å². The molecular formula is C21H25ClN2O2. The van der Waals surface area contributed by atoms with E-state index >= 15 is 0 Å². The molecule has 1 saturated heterocycles. The molecule has 0 bridgehead atoms. The fourth-order valence-electron chi connectivity index (χ4n) is 3.27. The number of para-hydroxylation sites is 1. The van der Waals surface area contributed by atoms with Gasteiger partial charge in [-0.1, -0.05) is 41.9 Å². The van der Waals surface area contributed by atoms with Crippen LogP contribution in [0.25, 0.3) is 0 Å². The van der Waals surface area contributed by atoms with Crippen LogP contribution >= 0.6 is 11.6 Å². The highest BCUT2D eigenvalue weighted by atomic mass is 35.5. The summed E-state index contributed by atoms with van der Waals surface area (Å²) in [5.74, 6) is 0.635. The number of rotatable bonds is 5. The smallest absolute Gasteiger partial charge is 0.257 e. The monoisotopic (exact) mass is 372 g/mol. The largest absolute Gasteiger partial charge is 0.488 e. The summed E-state index contributed by atoms with van der Waals surface area (Å²) in [7, 11) is 4.14. The van der Waals surface area contributed by atoms with Crippen molar-refractivity contribution in [2.24, 2.45) is 0 Å². The average Bonchev–Trinajstić information content (AvgIpc) is 2.67. The van der Waals surface area contributed by atoms with Crippen molar-refractivity contribution in [3.63, 3.8) is 0 Å². The highest BCUT2D eigenvalue weighted by molar-refractivity contribution is 6.31. The van der Waals surface area contributed by atoms with Crippen LogP contribution in [0.4, 0.5) is 0 Å². The van der Waals surface area contributed by atoms with Crippen LogP contribution in [-0.4, -0.2) is 48.9 Å². The first-order valence-corrected chi connectivity index (χ1v) is 9.35. The molecule has 0 spiro atoms. The topological polar surface area (TPSA) is 32.8 Å². The van der Waals surface area contributed by atoms with E-state index in [-0.39, 0.29) is 5.91 Å². The fraction of sp³-hybridized carbons (Fsp3) is 0.381. The van der Waals surface area contributed by atoms with E-state index < -0.39 is 0 Å². The van der Waals surface area contributed by atoms with Gasteiger partial charge in [-0.05, 0) is 45.1 Å². The fourth-order valence-corrected chi connectivity index (χ4v) is 3.46. The number of piperidine rings is 1. The van der Waals surface area contributed by atoms with Crippen molar-refractivity contribution in [2.45, 2.75) is 25.5 Å². The average molecular weight is 373 g/mol. The number of nitrogens with zero attached hydrogens (tertiary/aromatic N) is 2. The third kappa shape index (κ3) is 4.37. The van der Waals surface area contributed by atoms with Crippen LogP contribution in [-0.2, 0) is 6.61 Å². The van der Waals surface area contributed by atoms with Gasteiger partial charge in [0, 0.05) is 29.7 Å². The Kier molecular flexibility index (Phi) is 6.17. The minimum Gasteiger partial charge on any atom is -0.488 e. The van der Waals surface area contributed by atoms with Gasteiger partial charge in [0.25, 0.3) is 5.91 Å². The summed E-state index contributed by atoms with van der Waals surface area (Å²) in [5, 5.41) is 0.668. The van der Waals surface area contributed by atoms with Gasteiger partial charge in [-0.15, -0.1) is 0 Å². The quantitative estimate of drug-likeness (QED) is 0.792. The zero-order chi connectivity index (χ0) is 18.5. The van der Waals surface area contributed by atoms with Gasteiger partial charge in [0.05, 0.1) is 5.56 Å². The maximum atomic E-state index is 13.1. The minimum absolute atomic E-state index is 0.0336. The number of halogens is 1. The molecule has 1 aliphatic rings. The molecule has 1 atom stereocenters. The van der Waals surface area contributed by atoms with Gasteiger partial charge in [0.15, 0.2) is 0 Å². The Labute approximate surface area is 160 Å². The predicted octanol–water partition coefficient (Wildman–Crippen LogP) is 4.09. The molecule has 1 amide bonds. The summed E-state index contributed by atoms with van der Waals surface area (Å²) < 4.78 is 5.95. The summed E-state index contributed by atoms with van der Waals surface area (Å²) in [6, 6.07) is 15.4. The van der Waals surface area contributed by atoms with E-state index in [1.165, 1.54) is 0 Å². The third-order valence-corrected chi connectivity index (χ3v) is 5.24. The minimum atomic E-state index is 0.0336. The Morgan fingerprint density at radius 1 is 1.19 bits per heavy atom. The van der Waals surface area contributed by atoms with Gasteiger partial charge in [-0.25, -0.2) is 0 Å². The molecule has 1 aliphatic heterocycles. The van der Waals surface area contributed by atoms with Crippen molar-refractivity contribution >= 4 is 17.5 Å². The van der Waals surface area contributed by atoms with E-state index in [0.29, 0.717) is 29.0 Å². The van der Waals surface area contributed by atoms with Crippen molar-refractivity contribution in [3.05, 3.63) is 64.7 Å². The van der Waals surface area contributed by atoms with Crippen LogP contribution in [0.15, 0.2) is 48.5 Å². The molecule has 0 aliphatic carbocycles. The molecule has 5 heteroatoms. The number of ether oxygens (including phenoxy) is 1. The maximum absolute atomic E-state index is 13.1. The lowest BCUT2D eigenvalue weighted by Crippen LogP contribution is -2.47. The highest BCUT2D eigenvalue weighted by Crippen LogP contribution is 2.25. The second-order valence-corrected chi connectivity index (χ2v) is 7.29. The lowest BCUT2D eigenvalue weighted by atomic mass is 10.0. The Bertz CT molecular complexity index is 763. The summed E-state index contributed by atoms with van der Waals surface area (Å²) in [4.78, 5) is 17.2. The van der Waals surface area contributed by atoms with Crippen molar-refractivity contribution < 1.29 is 9.53 Å². The normalized spacial score (nSPS) is 17.4. The van der Waals surface area contributed by atoms with Crippen molar-refractivity contribution in [3.8, 4) is 5.75 Å². The number of amides is 1. The number of benzene rings is 2. The van der Waals surface area contributed by atoms with Crippen molar-refractivity contribution in [1.29, 1.82) is 0 Å². The molecule has 3 rings (SSSR count). The molecule has 0 N–H and O–H groups in total. The molecule has 1 heterocycles. The van der Waals surface area contributed by atoms with E-state index in [4.69, 9.17) is 16.3 Å². The van der Waals surface area contributed by atoms with Crippen LogP contribution in [0.2, 0.25) is 5.02 Å². The Balaban J connectivity index is 1.74. The first kappa shape index (κ1) is 18.7. The number of hydrogen-bond donors (Lipinski definition) is 0. The number of carbonyl (C=O) groups is 1. The molecular weight excluding hydrogens is 348 g/mol. The second-order valence-electron chi connectivity index (χ2n) is 6.89. The Morgan fingerprint density at radius 2 is 1.92 bits per heavy atom. The van der Waals surface area contributed by atoms with E-state index in [2.05, 4.69) is 19.0 Å². The molecule has 2 aromatic rings. The first-order chi connectivity index (χ1) is 12.6. The predicted molar refractivity (Wildman–Crippen MR) is 105 cm³/mol. The van der Waals surface area contributed by atoms with Crippen LogP contribution in [0.5, 0.6) is 5.75 Å². The molecule has 4 nitrogen and oxygen atoms in total. The molecule has 26 heavy (non-hydrogen) atoms. The molecule has 0 saturated carbocycles. The van der Waals surface area contributed by atoms with Crippen LogP contribution in [0.3, 0.4) is 0 Å². The lowest BCUT2D eigenvalue weighted by Gasteiger charge is -2.36. The number of carbonyl (C=O) groups excluding carboxylic acids is 1. The van der Waals surface area contributed by atoms with Gasteiger partial charge in [-0.2, -0.15) is 0 Å². The third-order valence-electron chi connectivity index (χ3n) is 4.87. The van der Waals surface area contributed by atoms with Gasteiger partial charge >= 0.3 is 0 Å². The zero-order valence-electron chi connectivity index (χ0n) is 15.3. The van der Waals surface area contributed by atoms with Gasteiger partial charge < -0.3 is 14.5 Å². The Morgan fingerprint density at radius 3 is 2.69 bits per heavy atom. The van der Waals surface area contributed by atoms with Crippen LogP contribution in [0, 0.1) is 0 Å². The first-order valence-electron chi connectivity index (χ1n) is 8.97. The molecule has 138 valence electrons. The maximum Gasteiger partial charge on any atom is 0.257 e. The highest BCUT2D eigenvalue weighted by Gasteiger charge is 2.27. The van der Waals surface area contributed by atoms with E-state index in [0.717, 1.165) is 31.5 Å². The van der Waals surface area contributed by atoms with E-state index in [1.54, 1.807) is 0 Å². The molecule has 0 radical (unpaired) electrons. The lowest BCUT2D eigenvalue weighted by molar-refractivity contribution is 0.0630. The number of hydrogen-bond acceptors (Lipinski definition) is 3. The summed E-state index contributed by atoms with van der Waals surface area (Å²) >= 11 is 6.20. The second kappa shape index (κ2) is 8.56. The van der Waals surface area contributed by atoms with Crippen LogP contribution in [0.1, 0.15) is 28.8 Å². The molecule has 1 unspecified atom stereocenters. The van der Waals surface area contributed by atoms with Crippen molar-refractivity contribution in [2.75, 3.05) is 27.2 Å².